The van der Waals surface area contributed by atoms with E-state index < -0.39 is 12.0 Å². The summed E-state index contributed by atoms with van der Waals surface area (Å²) in [5, 5.41) is 11.9. The van der Waals surface area contributed by atoms with Gasteiger partial charge in [-0.3, -0.25) is 4.79 Å². The Kier molecular flexibility index (Phi) is 3.88. The zero-order valence-electron chi connectivity index (χ0n) is 8.33. The Morgan fingerprint density at radius 1 is 1.53 bits per heavy atom. The summed E-state index contributed by atoms with van der Waals surface area (Å²) in [7, 11) is 0. The number of benzene rings is 1. The lowest BCUT2D eigenvalue weighted by Crippen LogP contribution is -2.13. The van der Waals surface area contributed by atoms with E-state index >= 15 is 0 Å². The normalized spacial score (nSPS) is 11.9. The average Bonchev–Trinajstić information content (AvgIpc) is 2.18. The van der Waals surface area contributed by atoms with E-state index in [-0.39, 0.29) is 5.03 Å². The minimum Gasteiger partial charge on any atom is -0.389 e. The van der Waals surface area contributed by atoms with E-state index in [1.54, 1.807) is 31.2 Å². The minimum absolute atomic E-state index is 0.0876. The molecule has 4 heteroatoms. The molecular formula is C11H12ClNO2. The predicted octanol–water partition coefficient (Wildman–Crippen LogP) is 2.43. The molecule has 0 aromatic heterocycles. The highest BCUT2D eigenvalue weighted by Gasteiger charge is 2.10. The van der Waals surface area contributed by atoms with Gasteiger partial charge < -0.3 is 10.4 Å². The number of aliphatic hydroxyl groups is 1. The first kappa shape index (κ1) is 11.8. The highest BCUT2D eigenvalue weighted by molar-refractivity contribution is 6.43. The standard InChI is InChI=1S/C11H12ClNO2/c1-7(12)11(15)13-10-6-4-3-5-9(10)8(2)14/h3-6,8,14H,1H2,2H3,(H,13,15). The van der Waals surface area contributed by atoms with Crippen LogP contribution in [0.4, 0.5) is 5.69 Å². The van der Waals surface area contributed by atoms with E-state index in [2.05, 4.69) is 11.9 Å². The zero-order chi connectivity index (χ0) is 11.4. The molecule has 0 fully saturated rings. The van der Waals surface area contributed by atoms with Crippen molar-refractivity contribution in [2.75, 3.05) is 5.32 Å². The number of carbonyl (C=O) groups excluding carboxylic acids is 1. The number of rotatable bonds is 3. The Morgan fingerprint density at radius 2 is 2.13 bits per heavy atom. The van der Waals surface area contributed by atoms with Crippen LogP contribution in [0, 0.1) is 0 Å². The summed E-state index contributed by atoms with van der Waals surface area (Å²) in [6.07, 6.45) is -0.648. The van der Waals surface area contributed by atoms with Gasteiger partial charge >= 0.3 is 0 Å². The van der Waals surface area contributed by atoms with Crippen LogP contribution in [0.15, 0.2) is 35.9 Å². The topological polar surface area (TPSA) is 49.3 Å². The van der Waals surface area contributed by atoms with E-state index in [1.165, 1.54) is 0 Å². The van der Waals surface area contributed by atoms with Crippen molar-refractivity contribution in [3.8, 4) is 0 Å². The third-order valence-electron chi connectivity index (χ3n) is 1.91. The first-order valence-corrected chi connectivity index (χ1v) is 4.83. The van der Waals surface area contributed by atoms with E-state index in [4.69, 9.17) is 11.6 Å². The molecule has 0 radical (unpaired) electrons. The molecule has 1 amide bonds. The summed E-state index contributed by atoms with van der Waals surface area (Å²) in [6, 6.07) is 6.97. The van der Waals surface area contributed by atoms with Gasteiger partial charge in [0, 0.05) is 11.3 Å². The van der Waals surface area contributed by atoms with Crippen molar-refractivity contribution >= 4 is 23.2 Å². The SMILES string of the molecule is C=C(Cl)C(=O)Nc1ccccc1C(C)O. The number of halogens is 1. The third-order valence-corrected chi connectivity index (χ3v) is 2.08. The lowest BCUT2D eigenvalue weighted by atomic mass is 10.1. The summed E-state index contributed by atoms with van der Waals surface area (Å²) >= 11 is 5.44. The van der Waals surface area contributed by atoms with Crippen LogP contribution < -0.4 is 5.32 Å². The summed E-state index contributed by atoms with van der Waals surface area (Å²) in [5.74, 6) is -0.468. The fraction of sp³-hybridized carbons (Fsp3) is 0.182. The van der Waals surface area contributed by atoms with Gasteiger partial charge in [-0.1, -0.05) is 36.4 Å². The molecule has 0 saturated carbocycles. The Balaban J connectivity index is 2.94. The average molecular weight is 226 g/mol. The first-order valence-electron chi connectivity index (χ1n) is 4.45. The number of carbonyl (C=O) groups is 1. The van der Waals surface area contributed by atoms with Gasteiger partial charge in [0.05, 0.1) is 11.1 Å². The molecule has 1 aromatic carbocycles. The monoisotopic (exact) mass is 225 g/mol. The summed E-state index contributed by atoms with van der Waals surface area (Å²) in [5.41, 5.74) is 1.18. The van der Waals surface area contributed by atoms with Gasteiger partial charge in [-0.2, -0.15) is 0 Å². The number of hydrogen-bond donors (Lipinski definition) is 2. The van der Waals surface area contributed by atoms with Crippen molar-refractivity contribution in [1.29, 1.82) is 0 Å². The van der Waals surface area contributed by atoms with Crippen LogP contribution >= 0.6 is 11.6 Å². The van der Waals surface area contributed by atoms with Gasteiger partial charge in [-0.25, -0.2) is 0 Å². The summed E-state index contributed by atoms with van der Waals surface area (Å²) in [4.78, 5) is 11.3. The van der Waals surface area contributed by atoms with Crippen molar-refractivity contribution in [2.45, 2.75) is 13.0 Å². The molecule has 3 nitrogen and oxygen atoms in total. The molecule has 1 atom stereocenters. The molecule has 0 saturated heterocycles. The smallest absolute Gasteiger partial charge is 0.266 e. The molecule has 1 aromatic rings. The zero-order valence-corrected chi connectivity index (χ0v) is 9.08. The Labute approximate surface area is 93.4 Å². The quantitative estimate of drug-likeness (QED) is 0.777. The second kappa shape index (κ2) is 4.96. The number of amides is 1. The van der Waals surface area contributed by atoms with Crippen molar-refractivity contribution in [3.63, 3.8) is 0 Å². The van der Waals surface area contributed by atoms with Crippen LogP contribution in [0.2, 0.25) is 0 Å². The van der Waals surface area contributed by atoms with Gasteiger partial charge in [-0.05, 0) is 13.0 Å². The van der Waals surface area contributed by atoms with Crippen molar-refractivity contribution in [2.24, 2.45) is 0 Å². The van der Waals surface area contributed by atoms with E-state index in [1.807, 2.05) is 0 Å². The largest absolute Gasteiger partial charge is 0.389 e. The minimum atomic E-state index is -0.648. The number of aliphatic hydroxyl groups excluding tert-OH is 1. The molecule has 0 spiro atoms. The second-order valence-electron chi connectivity index (χ2n) is 3.12. The Morgan fingerprint density at radius 3 is 2.67 bits per heavy atom. The second-order valence-corrected chi connectivity index (χ2v) is 3.58. The van der Waals surface area contributed by atoms with Crippen LogP contribution in [0.3, 0.4) is 0 Å². The molecular weight excluding hydrogens is 214 g/mol. The molecule has 0 aliphatic rings. The molecule has 0 aliphatic heterocycles. The predicted molar refractivity (Wildman–Crippen MR) is 60.7 cm³/mol. The van der Waals surface area contributed by atoms with Gasteiger partial charge in [0.15, 0.2) is 0 Å². The van der Waals surface area contributed by atoms with Crippen LogP contribution in [-0.2, 0) is 4.79 Å². The van der Waals surface area contributed by atoms with Gasteiger partial charge in [0.2, 0.25) is 0 Å². The molecule has 2 N–H and O–H groups in total. The summed E-state index contributed by atoms with van der Waals surface area (Å²) in [6.45, 7) is 4.94. The molecule has 0 aliphatic carbocycles. The van der Waals surface area contributed by atoms with Crippen molar-refractivity contribution < 1.29 is 9.90 Å². The molecule has 1 unspecified atom stereocenters. The van der Waals surface area contributed by atoms with Crippen LogP contribution in [0.1, 0.15) is 18.6 Å². The fourth-order valence-electron chi connectivity index (χ4n) is 1.17. The third kappa shape index (κ3) is 3.08. The lowest BCUT2D eigenvalue weighted by molar-refractivity contribution is -0.112. The van der Waals surface area contributed by atoms with E-state index in [0.29, 0.717) is 11.3 Å². The Bertz CT molecular complexity index is 388. The Hall–Kier alpha value is -1.32. The number of anilines is 1. The summed E-state index contributed by atoms with van der Waals surface area (Å²) < 4.78 is 0. The van der Waals surface area contributed by atoms with Gasteiger partial charge in [0.25, 0.3) is 5.91 Å². The maximum atomic E-state index is 11.3. The highest BCUT2D eigenvalue weighted by Crippen LogP contribution is 2.22. The number of para-hydroxylation sites is 1. The fourth-order valence-corrected chi connectivity index (χ4v) is 1.21. The van der Waals surface area contributed by atoms with Gasteiger partial charge in [-0.15, -0.1) is 0 Å². The van der Waals surface area contributed by atoms with Crippen molar-refractivity contribution in [1.82, 2.24) is 0 Å². The molecule has 0 heterocycles. The first-order chi connectivity index (χ1) is 7.02. The van der Waals surface area contributed by atoms with E-state index in [9.17, 15) is 9.90 Å². The van der Waals surface area contributed by atoms with E-state index in [0.717, 1.165) is 0 Å². The number of nitrogens with one attached hydrogen (secondary N) is 1. The maximum Gasteiger partial charge on any atom is 0.266 e. The van der Waals surface area contributed by atoms with Gasteiger partial charge in [0.1, 0.15) is 0 Å². The molecule has 0 bridgehead atoms. The van der Waals surface area contributed by atoms with Crippen LogP contribution in [0.25, 0.3) is 0 Å². The highest BCUT2D eigenvalue weighted by atomic mass is 35.5. The molecule has 1 rings (SSSR count). The van der Waals surface area contributed by atoms with Crippen LogP contribution in [-0.4, -0.2) is 11.0 Å². The maximum absolute atomic E-state index is 11.3. The number of hydrogen-bond acceptors (Lipinski definition) is 2. The van der Waals surface area contributed by atoms with Crippen molar-refractivity contribution in [3.05, 3.63) is 41.4 Å². The lowest BCUT2D eigenvalue weighted by Gasteiger charge is -2.12. The molecule has 15 heavy (non-hydrogen) atoms. The van der Waals surface area contributed by atoms with Crippen LogP contribution in [0.5, 0.6) is 0 Å². The molecule has 80 valence electrons.